The molecule has 2 amide bonds. The number of likely N-dealkylation sites (tertiary alicyclic amines) is 2. The van der Waals surface area contributed by atoms with Crippen LogP contribution in [0.3, 0.4) is 0 Å². The van der Waals surface area contributed by atoms with E-state index >= 15 is 0 Å². The van der Waals surface area contributed by atoms with E-state index in [2.05, 4.69) is 6.92 Å². The predicted molar refractivity (Wildman–Crippen MR) is 85.2 cm³/mol. The van der Waals surface area contributed by atoms with Gasteiger partial charge in [0.05, 0.1) is 0 Å². The number of piperidine rings is 1. The van der Waals surface area contributed by atoms with Crippen molar-refractivity contribution < 1.29 is 14.7 Å². The average molecular weight is 310 g/mol. The Morgan fingerprint density at radius 3 is 2.32 bits per heavy atom. The molecule has 1 N–H and O–H groups in total. The van der Waals surface area contributed by atoms with Crippen LogP contribution in [0.25, 0.3) is 0 Å². The van der Waals surface area contributed by atoms with E-state index in [0.29, 0.717) is 26.1 Å². The second-order valence-corrected chi connectivity index (χ2v) is 7.22. The Hall–Kier alpha value is -1.10. The lowest BCUT2D eigenvalue weighted by molar-refractivity contribution is -0.147. The fourth-order valence-electron chi connectivity index (χ4n) is 3.75. The summed E-state index contributed by atoms with van der Waals surface area (Å²) in [4.78, 5) is 28.6. The summed E-state index contributed by atoms with van der Waals surface area (Å²) in [6.07, 6.45) is 4.08. The number of aliphatic hydroxyl groups excluding tert-OH is 1. The molecule has 1 atom stereocenters. The molecule has 0 aromatic heterocycles. The zero-order valence-corrected chi connectivity index (χ0v) is 14.2. The molecule has 2 aliphatic heterocycles. The van der Waals surface area contributed by atoms with Crippen molar-refractivity contribution in [3.8, 4) is 0 Å². The van der Waals surface area contributed by atoms with Gasteiger partial charge >= 0.3 is 0 Å². The largest absolute Gasteiger partial charge is 0.396 e. The fourth-order valence-corrected chi connectivity index (χ4v) is 3.75. The highest BCUT2D eigenvalue weighted by molar-refractivity contribution is 5.88. The third-order valence-corrected chi connectivity index (χ3v) is 5.55. The van der Waals surface area contributed by atoms with Gasteiger partial charge in [-0.2, -0.15) is 0 Å². The number of amides is 2. The molecule has 0 aromatic rings. The van der Waals surface area contributed by atoms with Crippen molar-refractivity contribution >= 4 is 11.8 Å². The van der Waals surface area contributed by atoms with Crippen LogP contribution in [0.4, 0.5) is 0 Å². The van der Waals surface area contributed by atoms with E-state index in [1.165, 1.54) is 0 Å². The normalized spacial score (nSPS) is 23.2. The van der Waals surface area contributed by atoms with E-state index in [0.717, 1.165) is 25.7 Å². The van der Waals surface area contributed by atoms with E-state index < -0.39 is 0 Å². The van der Waals surface area contributed by atoms with Crippen molar-refractivity contribution in [1.29, 1.82) is 0 Å². The van der Waals surface area contributed by atoms with Gasteiger partial charge in [0.2, 0.25) is 11.8 Å². The lowest BCUT2D eigenvalue weighted by atomic mass is 9.77. The summed E-state index contributed by atoms with van der Waals surface area (Å²) in [5.41, 5.74) is -0.0203. The van der Waals surface area contributed by atoms with Crippen LogP contribution in [0, 0.1) is 11.3 Å². The van der Waals surface area contributed by atoms with Crippen LogP contribution in [0.5, 0.6) is 0 Å². The molecule has 0 bridgehead atoms. The van der Waals surface area contributed by atoms with Crippen molar-refractivity contribution in [1.82, 2.24) is 9.80 Å². The zero-order chi connectivity index (χ0) is 16.3. The molecule has 126 valence electrons. The summed E-state index contributed by atoms with van der Waals surface area (Å²) in [5.74, 6) is 0.334. The Kier molecular flexibility index (Phi) is 5.48. The van der Waals surface area contributed by atoms with Crippen molar-refractivity contribution in [3.05, 3.63) is 0 Å². The van der Waals surface area contributed by atoms with Crippen LogP contribution in [-0.2, 0) is 9.59 Å². The zero-order valence-electron chi connectivity index (χ0n) is 14.2. The Bertz CT molecular complexity index is 408. The van der Waals surface area contributed by atoms with Crippen LogP contribution in [0.1, 0.15) is 52.9 Å². The highest BCUT2D eigenvalue weighted by atomic mass is 16.3. The number of hydrogen-bond donors (Lipinski definition) is 1. The maximum Gasteiger partial charge on any atom is 0.245 e. The van der Waals surface area contributed by atoms with Gasteiger partial charge in [-0.15, -0.1) is 0 Å². The number of carbonyl (C=O) groups excluding carboxylic acids is 2. The van der Waals surface area contributed by atoms with E-state index in [1.807, 2.05) is 18.7 Å². The quantitative estimate of drug-likeness (QED) is 0.840. The van der Waals surface area contributed by atoms with Gasteiger partial charge in [0.1, 0.15) is 6.04 Å². The van der Waals surface area contributed by atoms with Crippen LogP contribution >= 0.6 is 0 Å². The molecular formula is C17H30N2O3. The topological polar surface area (TPSA) is 60.9 Å². The van der Waals surface area contributed by atoms with Crippen LogP contribution in [0.2, 0.25) is 0 Å². The minimum atomic E-state index is -0.321. The molecule has 0 saturated carbocycles. The molecule has 1 unspecified atom stereocenters. The summed E-state index contributed by atoms with van der Waals surface area (Å²) in [6, 6.07) is -0.321. The maximum atomic E-state index is 12.9. The number of nitrogens with zero attached hydrogens (tertiary/aromatic N) is 2. The number of aliphatic hydroxyl groups is 1. The lowest BCUT2D eigenvalue weighted by Crippen LogP contribution is -2.54. The van der Waals surface area contributed by atoms with Crippen LogP contribution in [-0.4, -0.2) is 59.0 Å². The van der Waals surface area contributed by atoms with E-state index in [4.69, 9.17) is 0 Å². The van der Waals surface area contributed by atoms with E-state index in [-0.39, 0.29) is 35.8 Å². The smallest absolute Gasteiger partial charge is 0.245 e. The van der Waals surface area contributed by atoms with Crippen molar-refractivity contribution in [3.63, 3.8) is 0 Å². The monoisotopic (exact) mass is 310 g/mol. The first-order chi connectivity index (χ1) is 10.4. The van der Waals surface area contributed by atoms with Crippen LogP contribution < -0.4 is 0 Å². The van der Waals surface area contributed by atoms with Gasteiger partial charge in [0.25, 0.3) is 0 Å². The van der Waals surface area contributed by atoms with E-state index in [9.17, 15) is 14.7 Å². The number of carbonyl (C=O) groups is 2. The summed E-state index contributed by atoms with van der Waals surface area (Å²) in [7, 11) is 0. The standard InChI is InChI=1S/C17H30N2O3/c1-4-17(12-20)7-10-18(11-8-17)16(22)15(13(2)3)19-9-5-6-14(19)21/h13,15,20H,4-12H2,1-3H3. The highest BCUT2D eigenvalue weighted by Crippen LogP contribution is 2.35. The first kappa shape index (κ1) is 17.3. The lowest BCUT2D eigenvalue weighted by Gasteiger charge is -2.42. The number of rotatable bonds is 5. The van der Waals surface area contributed by atoms with Gasteiger partial charge in [0.15, 0.2) is 0 Å². The van der Waals surface area contributed by atoms with Crippen molar-refractivity contribution in [2.24, 2.45) is 11.3 Å². The highest BCUT2D eigenvalue weighted by Gasteiger charge is 2.40. The molecule has 2 rings (SSSR count). The third kappa shape index (κ3) is 3.29. The molecule has 0 aliphatic carbocycles. The third-order valence-electron chi connectivity index (χ3n) is 5.55. The minimum Gasteiger partial charge on any atom is -0.396 e. The second-order valence-electron chi connectivity index (χ2n) is 7.22. The Labute approximate surface area is 133 Å². The van der Waals surface area contributed by atoms with Gasteiger partial charge in [-0.25, -0.2) is 0 Å². The Morgan fingerprint density at radius 1 is 1.27 bits per heavy atom. The van der Waals surface area contributed by atoms with Crippen molar-refractivity contribution in [2.45, 2.75) is 58.9 Å². The molecule has 0 spiro atoms. The Morgan fingerprint density at radius 2 is 1.91 bits per heavy atom. The maximum absolute atomic E-state index is 12.9. The first-order valence-corrected chi connectivity index (χ1v) is 8.63. The minimum absolute atomic E-state index is 0.0203. The SMILES string of the molecule is CCC1(CO)CCN(C(=O)C(C(C)C)N2CCCC2=O)CC1. The summed E-state index contributed by atoms with van der Waals surface area (Å²) in [5, 5.41) is 9.61. The number of hydrogen-bond acceptors (Lipinski definition) is 3. The predicted octanol–water partition coefficient (Wildman–Crippen LogP) is 1.64. The van der Waals surface area contributed by atoms with Gasteiger partial charge in [-0.05, 0) is 37.0 Å². The molecule has 2 saturated heterocycles. The summed E-state index contributed by atoms with van der Waals surface area (Å²) < 4.78 is 0. The van der Waals surface area contributed by atoms with Crippen LogP contribution in [0.15, 0.2) is 0 Å². The molecule has 22 heavy (non-hydrogen) atoms. The Balaban J connectivity index is 2.05. The summed E-state index contributed by atoms with van der Waals surface area (Å²) >= 11 is 0. The molecule has 0 radical (unpaired) electrons. The summed E-state index contributed by atoms with van der Waals surface area (Å²) in [6.45, 7) is 8.43. The molecule has 5 heteroatoms. The molecule has 5 nitrogen and oxygen atoms in total. The van der Waals surface area contributed by atoms with Gasteiger partial charge in [-0.1, -0.05) is 20.8 Å². The molecule has 0 aromatic carbocycles. The molecule has 2 heterocycles. The van der Waals surface area contributed by atoms with Crippen molar-refractivity contribution in [2.75, 3.05) is 26.2 Å². The fraction of sp³-hybridized carbons (Fsp3) is 0.882. The van der Waals surface area contributed by atoms with Gasteiger partial charge in [0, 0.05) is 32.7 Å². The van der Waals surface area contributed by atoms with Gasteiger partial charge < -0.3 is 14.9 Å². The average Bonchev–Trinajstić information content (AvgIpc) is 2.93. The first-order valence-electron chi connectivity index (χ1n) is 8.63. The molecule has 2 fully saturated rings. The molecular weight excluding hydrogens is 280 g/mol. The van der Waals surface area contributed by atoms with Gasteiger partial charge in [-0.3, -0.25) is 9.59 Å². The molecule has 2 aliphatic rings. The van der Waals surface area contributed by atoms with E-state index in [1.54, 1.807) is 4.90 Å². The second kappa shape index (κ2) is 6.99.